The molecule has 17 nitrogen and oxygen atoms in total. The Balaban J connectivity index is 0.735. The zero-order valence-electron chi connectivity index (χ0n) is 34.1. The molecular weight excluding hydrogens is 808 g/mol. The average molecular weight is 858 g/mol. The molecule has 6 aromatic rings. The number of likely N-dealkylation sites (tertiary alicyclic amines) is 1. The average Bonchev–Trinajstić information content (AvgIpc) is 4.11. The van der Waals surface area contributed by atoms with E-state index in [2.05, 4.69) is 45.8 Å². The van der Waals surface area contributed by atoms with Gasteiger partial charge in [0.1, 0.15) is 29.7 Å². The third-order valence-electron chi connectivity index (χ3n) is 13.2. The largest absolute Gasteiger partial charge is 0.379 e. The summed E-state index contributed by atoms with van der Waals surface area (Å²) < 4.78 is 56.2. The van der Waals surface area contributed by atoms with Crippen LogP contribution >= 0.6 is 0 Å². The number of piperidine rings is 2. The van der Waals surface area contributed by atoms with Crippen molar-refractivity contribution in [3.8, 4) is 11.1 Å². The number of alkyl halides is 2. The van der Waals surface area contributed by atoms with Crippen LogP contribution < -0.4 is 15.5 Å². The smallest absolute Gasteiger partial charge is 0.284 e. The van der Waals surface area contributed by atoms with Crippen LogP contribution in [0.5, 0.6) is 0 Å². The summed E-state index contributed by atoms with van der Waals surface area (Å²) in [5.74, 6) is 0.203. The summed E-state index contributed by atoms with van der Waals surface area (Å²) in [6, 6.07) is 4.65. The highest BCUT2D eigenvalue weighted by Crippen LogP contribution is 2.38. The molecule has 0 spiro atoms. The Morgan fingerprint density at radius 1 is 0.887 bits per heavy atom. The number of carbonyl (C=O) groups excluding carboxylic acids is 1. The van der Waals surface area contributed by atoms with Crippen molar-refractivity contribution in [2.45, 2.75) is 88.4 Å². The second kappa shape index (κ2) is 17.0. The molecule has 1 aliphatic carbocycles. The first kappa shape index (κ1) is 40.6. The Morgan fingerprint density at radius 3 is 2.45 bits per heavy atom. The van der Waals surface area contributed by atoms with Gasteiger partial charge in [0.05, 0.1) is 61.1 Å². The number of fused-ring (bicyclic) bond motifs is 2. The molecular formula is C42H50F3N13O4. The van der Waals surface area contributed by atoms with Gasteiger partial charge in [0.15, 0.2) is 11.3 Å². The summed E-state index contributed by atoms with van der Waals surface area (Å²) in [7, 11) is 0. The Kier molecular flexibility index (Phi) is 11.2. The molecule has 0 radical (unpaired) electrons. The van der Waals surface area contributed by atoms with Crippen LogP contribution in [0, 0.1) is 11.7 Å². The number of amides is 1. The lowest BCUT2D eigenvalue weighted by atomic mass is 9.85. The molecule has 0 bridgehead atoms. The number of hydrogen-bond acceptors (Lipinski definition) is 12. The summed E-state index contributed by atoms with van der Waals surface area (Å²) in [5, 5.41) is 44.3. The van der Waals surface area contributed by atoms with Crippen molar-refractivity contribution < 1.29 is 32.9 Å². The normalized spacial score (nSPS) is 24.4. The molecule has 3 atom stereocenters. The van der Waals surface area contributed by atoms with Crippen LogP contribution in [-0.2, 0) is 4.74 Å². The third kappa shape index (κ3) is 7.93. The molecule has 62 heavy (non-hydrogen) atoms. The summed E-state index contributed by atoms with van der Waals surface area (Å²) in [6.07, 6.45) is 11.5. The Bertz CT molecular complexity index is 2530. The lowest BCUT2D eigenvalue weighted by Gasteiger charge is -2.36. The van der Waals surface area contributed by atoms with Crippen LogP contribution in [0.25, 0.3) is 27.7 Å². The number of ether oxygens (including phenoxy) is 1. The van der Waals surface area contributed by atoms with Gasteiger partial charge in [-0.3, -0.25) is 24.2 Å². The fourth-order valence-electron chi connectivity index (χ4n) is 9.80. The van der Waals surface area contributed by atoms with E-state index in [4.69, 9.17) is 4.74 Å². The van der Waals surface area contributed by atoms with Crippen LogP contribution in [0.4, 0.5) is 24.7 Å². The molecule has 0 unspecified atom stereocenters. The molecule has 3 saturated heterocycles. The molecule has 4 aliphatic rings. The minimum atomic E-state index is -2.87. The van der Waals surface area contributed by atoms with Crippen LogP contribution in [-0.4, -0.2) is 123 Å². The lowest BCUT2D eigenvalue weighted by Crippen LogP contribution is -2.48. The van der Waals surface area contributed by atoms with E-state index in [1.54, 1.807) is 34.0 Å². The highest BCUT2D eigenvalue weighted by atomic mass is 19.3. The quantitative estimate of drug-likeness (QED) is 0.146. The van der Waals surface area contributed by atoms with Crippen LogP contribution in [0.1, 0.15) is 92.0 Å². The Morgan fingerprint density at radius 2 is 1.68 bits per heavy atom. The van der Waals surface area contributed by atoms with Crippen molar-refractivity contribution >= 4 is 34.0 Å². The number of carbonyl (C=O) groups is 1. The predicted octanol–water partition coefficient (Wildman–Crippen LogP) is 4.93. The minimum absolute atomic E-state index is 0.0170. The van der Waals surface area contributed by atoms with Gasteiger partial charge in [-0.25, -0.2) is 22.7 Å². The van der Waals surface area contributed by atoms with Crippen molar-refractivity contribution in [2.24, 2.45) is 5.92 Å². The minimum Gasteiger partial charge on any atom is -0.379 e. The number of aromatic nitrogens is 9. The number of anilines is 2. The van der Waals surface area contributed by atoms with Crippen molar-refractivity contribution in [3.63, 3.8) is 0 Å². The topological polar surface area (TPSA) is 181 Å². The van der Waals surface area contributed by atoms with E-state index in [0.29, 0.717) is 78.6 Å². The third-order valence-corrected chi connectivity index (χ3v) is 13.2. The molecule has 1 aromatic carbocycles. The van der Waals surface area contributed by atoms with Gasteiger partial charge in [0, 0.05) is 67.8 Å². The first-order valence-electron chi connectivity index (χ1n) is 21.6. The van der Waals surface area contributed by atoms with Crippen molar-refractivity contribution in [3.05, 3.63) is 72.5 Å². The molecule has 4 fully saturated rings. The van der Waals surface area contributed by atoms with Gasteiger partial charge in [-0.2, -0.15) is 20.4 Å². The van der Waals surface area contributed by atoms with Crippen LogP contribution in [0.2, 0.25) is 0 Å². The van der Waals surface area contributed by atoms with E-state index < -0.39 is 36.5 Å². The van der Waals surface area contributed by atoms with Crippen molar-refractivity contribution in [1.82, 2.24) is 54.2 Å². The Hall–Kier alpha value is -5.41. The molecule has 4 N–H and O–H groups in total. The molecule has 1 amide bonds. The number of rotatable bonds is 10. The maximum Gasteiger partial charge on any atom is 0.284 e. The van der Waals surface area contributed by atoms with Gasteiger partial charge < -0.3 is 30.1 Å². The molecule has 3 aliphatic heterocycles. The first-order valence-corrected chi connectivity index (χ1v) is 21.6. The number of aliphatic hydroxyl groups excluding tert-OH is 2. The fraction of sp³-hybridized carbons (Fsp3) is 0.524. The zero-order valence-corrected chi connectivity index (χ0v) is 34.1. The number of benzene rings is 1. The summed E-state index contributed by atoms with van der Waals surface area (Å²) in [4.78, 5) is 22.7. The van der Waals surface area contributed by atoms with Gasteiger partial charge in [-0.1, -0.05) is 0 Å². The number of nitrogens with zero attached hydrogens (tertiary/aromatic N) is 11. The number of hydrogen-bond donors (Lipinski definition) is 4. The summed E-state index contributed by atoms with van der Waals surface area (Å²) >= 11 is 0. The van der Waals surface area contributed by atoms with E-state index in [0.717, 1.165) is 58.2 Å². The van der Waals surface area contributed by atoms with E-state index in [9.17, 15) is 23.8 Å². The molecule has 20 heteroatoms. The number of morpholine rings is 1. The monoisotopic (exact) mass is 857 g/mol. The SMILES string of the molecule is O=C(Nc1cn(C2CCC(CN3CCC(n4cc(-c5c(F)ccc6c5cnn6[C@@H]5CC[C@@H](O)N[C@@H]5O)cn4)CC3)CC2)nc1C(F)F)c1cnn2ccc(N3CCOCC3)nc12. The predicted molar refractivity (Wildman–Crippen MR) is 221 cm³/mol. The van der Waals surface area contributed by atoms with Gasteiger partial charge in [0.2, 0.25) is 0 Å². The maximum absolute atomic E-state index is 15.4. The van der Waals surface area contributed by atoms with Crippen LogP contribution in [0.3, 0.4) is 0 Å². The molecule has 10 rings (SSSR count). The summed E-state index contributed by atoms with van der Waals surface area (Å²) in [5.41, 5.74) is 1.83. The van der Waals surface area contributed by atoms with E-state index in [-0.39, 0.29) is 29.2 Å². The van der Waals surface area contributed by atoms with E-state index >= 15 is 4.39 Å². The van der Waals surface area contributed by atoms with Crippen molar-refractivity contribution in [2.75, 3.05) is 56.2 Å². The molecule has 5 aromatic heterocycles. The van der Waals surface area contributed by atoms with E-state index in [1.165, 1.54) is 23.0 Å². The lowest BCUT2D eigenvalue weighted by molar-refractivity contribution is -0.0296. The second-order valence-corrected chi connectivity index (χ2v) is 17.0. The Labute approximate surface area is 354 Å². The second-order valence-electron chi connectivity index (χ2n) is 17.0. The highest BCUT2D eigenvalue weighted by molar-refractivity contribution is 6.08. The first-order chi connectivity index (χ1) is 30.2. The highest BCUT2D eigenvalue weighted by Gasteiger charge is 2.32. The number of aliphatic hydroxyl groups is 2. The van der Waals surface area contributed by atoms with Gasteiger partial charge in [-0.15, -0.1) is 0 Å². The molecule has 8 heterocycles. The maximum atomic E-state index is 15.4. The van der Waals surface area contributed by atoms with Crippen LogP contribution in [0.15, 0.2) is 55.4 Å². The number of halogens is 3. The fourth-order valence-corrected chi connectivity index (χ4v) is 9.80. The standard InChI is InChI=1S/C42H50F3N13O4/c43-31-5-6-33-29(20-48-58(33)34-7-8-36(59)51-42(34)61)37(31)26-19-46-56(23-26)28-9-12-53(13-10-28)22-25-1-3-27(4-2-25)57-24-32(38(52-57)39(44)45)49-41(60)30-21-47-55-14-11-35(50-40(30)55)54-15-17-62-18-16-54/h5-6,11,14,19-21,23-25,27-28,34,36,39,42,51,59,61H,1-4,7-10,12-13,15-18,22H2,(H,49,60)/t25?,27?,34-,36-,42-/m1/s1. The molecule has 328 valence electrons. The molecule has 1 saturated carbocycles. The van der Waals surface area contributed by atoms with Gasteiger partial charge in [-0.05, 0) is 75.5 Å². The zero-order chi connectivity index (χ0) is 42.5. The van der Waals surface area contributed by atoms with E-state index in [1.807, 2.05) is 16.9 Å². The van der Waals surface area contributed by atoms with Gasteiger partial charge >= 0.3 is 0 Å². The summed E-state index contributed by atoms with van der Waals surface area (Å²) in [6.45, 7) is 5.27. The number of nitrogens with one attached hydrogen (secondary N) is 2. The van der Waals surface area contributed by atoms with Crippen molar-refractivity contribution in [1.29, 1.82) is 0 Å². The van der Waals surface area contributed by atoms with Gasteiger partial charge in [0.25, 0.3) is 12.3 Å².